The normalized spacial score (nSPS) is 25.4. The molecule has 2 heterocycles. The Hall–Kier alpha value is -2.91. The number of carbonyl (C=O) groups is 2. The van der Waals surface area contributed by atoms with E-state index in [9.17, 15) is 18.0 Å². The quantitative estimate of drug-likeness (QED) is 0.687. The van der Waals surface area contributed by atoms with Gasteiger partial charge in [0.2, 0.25) is 21.8 Å². The number of benzene rings is 2. The van der Waals surface area contributed by atoms with Crippen molar-refractivity contribution in [3.8, 4) is 5.75 Å². The second-order valence-corrected chi connectivity index (χ2v) is 9.50. The molecule has 2 aromatic rings. The lowest BCUT2D eigenvalue weighted by molar-refractivity contribution is -0.175. The molecule has 158 valence electrons. The number of rotatable bonds is 5. The van der Waals surface area contributed by atoms with Crippen molar-refractivity contribution in [1.29, 1.82) is 0 Å². The fourth-order valence-corrected chi connectivity index (χ4v) is 4.98. The number of carbonyl (C=O) groups excluding carboxylic acids is 2. The summed E-state index contributed by atoms with van der Waals surface area (Å²) in [5.74, 6) is -1.62. The van der Waals surface area contributed by atoms with Crippen molar-refractivity contribution < 1.29 is 22.7 Å². The number of likely N-dealkylation sites (tertiary alicyclic amines) is 1. The number of nitrogens with zero attached hydrogens (tertiary/aromatic N) is 1. The number of sulfonamides is 1. The summed E-state index contributed by atoms with van der Waals surface area (Å²) < 4.78 is 29.0. The van der Waals surface area contributed by atoms with Gasteiger partial charge in [0.25, 0.3) is 0 Å². The van der Waals surface area contributed by atoms with Crippen molar-refractivity contribution in [3.63, 3.8) is 0 Å². The van der Waals surface area contributed by atoms with E-state index < -0.39 is 27.6 Å². The van der Waals surface area contributed by atoms with Crippen molar-refractivity contribution >= 4 is 21.8 Å². The lowest BCUT2D eigenvalue weighted by Gasteiger charge is -2.52. The minimum atomic E-state index is -3.77. The van der Waals surface area contributed by atoms with E-state index >= 15 is 0 Å². The average Bonchev–Trinajstić information content (AvgIpc) is 2.67. The minimum Gasteiger partial charge on any atom is -0.468 e. The van der Waals surface area contributed by atoms with Gasteiger partial charge in [0.15, 0.2) is 5.72 Å². The van der Waals surface area contributed by atoms with Crippen LogP contribution in [0.25, 0.3) is 0 Å². The van der Waals surface area contributed by atoms with E-state index in [-0.39, 0.29) is 16.7 Å². The van der Waals surface area contributed by atoms with Gasteiger partial charge in [-0.2, -0.15) is 0 Å². The predicted molar refractivity (Wildman–Crippen MR) is 109 cm³/mol. The minimum absolute atomic E-state index is 0.0242. The summed E-state index contributed by atoms with van der Waals surface area (Å²) in [6.07, 6.45) is 0.918. The number of amides is 2. The Kier molecular flexibility index (Phi) is 4.82. The number of para-hydroxylation sites is 1. The molecule has 4 rings (SSSR count). The molecule has 0 saturated carbocycles. The number of hydrogen-bond acceptors (Lipinski definition) is 5. The molecule has 0 unspecified atom stereocenters. The number of hydrogen-bond donors (Lipinski definition) is 2. The maximum absolute atomic E-state index is 13.3. The van der Waals surface area contributed by atoms with Crippen LogP contribution < -0.4 is 15.6 Å². The van der Waals surface area contributed by atoms with Crippen molar-refractivity contribution in [2.45, 2.75) is 36.3 Å². The standard InChI is InChI=1S/C21H23N3O5S/c1-21-12-16(15-4-2-3-5-17(15)29-21)18(19(22)25)20(26)24(21)11-10-13-6-8-14(9-7-13)30(23,27)28/h2-9,16,18H,10-12H2,1H3,(H2,22,25)(H2,23,27,28)/t16-,18+,21-/m0/s1. The van der Waals surface area contributed by atoms with Crippen molar-refractivity contribution in [2.24, 2.45) is 16.8 Å². The number of piperidine rings is 1. The van der Waals surface area contributed by atoms with E-state index in [0.717, 1.165) is 11.1 Å². The number of nitrogens with two attached hydrogens (primary N) is 2. The molecule has 3 atom stereocenters. The van der Waals surface area contributed by atoms with Crippen LogP contribution in [0.15, 0.2) is 53.4 Å². The maximum atomic E-state index is 13.3. The molecule has 30 heavy (non-hydrogen) atoms. The van der Waals surface area contributed by atoms with Gasteiger partial charge in [0.05, 0.1) is 4.90 Å². The van der Waals surface area contributed by atoms with Gasteiger partial charge in [0.1, 0.15) is 11.7 Å². The zero-order valence-corrected chi connectivity index (χ0v) is 17.3. The molecule has 2 amide bonds. The van der Waals surface area contributed by atoms with Gasteiger partial charge >= 0.3 is 0 Å². The summed E-state index contributed by atoms with van der Waals surface area (Å²) in [5, 5.41) is 5.13. The summed E-state index contributed by atoms with van der Waals surface area (Å²) in [6.45, 7) is 2.14. The zero-order valence-electron chi connectivity index (χ0n) is 16.4. The summed E-state index contributed by atoms with van der Waals surface area (Å²) in [6, 6.07) is 13.6. The number of fused-ring (bicyclic) bond motifs is 4. The summed E-state index contributed by atoms with van der Waals surface area (Å²) in [7, 11) is -3.77. The third kappa shape index (κ3) is 3.44. The summed E-state index contributed by atoms with van der Waals surface area (Å²) >= 11 is 0. The fourth-order valence-electron chi connectivity index (χ4n) is 4.47. The van der Waals surface area contributed by atoms with Gasteiger partial charge in [-0.3, -0.25) is 9.59 Å². The first-order valence-corrected chi connectivity index (χ1v) is 11.2. The van der Waals surface area contributed by atoms with E-state index in [4.69, 9.17) is 15.6 Å². The second kappa shape index (κ2) is 7.10. The van der Waals surface area contributed by atoms with Crippen LogP contribution in [0.4, 0.5) is 0 Å². The Morgan fingerprint density at radius 3 is 2.50 bits per heavy atom. The second-order valence-electron chi connectivity index (χ2n) is 7.93. The molecule has 0 aromatic heterocycles. The Morgan fingerprint density at radius 1 is 1.20 bits per heavy atom. The highest BCUT2D eigenvalue weighted by molar-refractivity contribution is 7.89. The van der Waals surface area contributed by atoms with Crippen molar-refractivity contribution in [3.05, 3.63) is 59.7 Å². The Labute approximate surface area is 174 Å². The molecule has 4 N–H and O–H groups in total. The third-order valence-corrected chi connectivity index (χ3v) is 6.86. The van der Waals surface area contributed by atoms with Gasteiger partial charge in [-0.15, -0.1) is 0 Å². The Balaban J connectivity index is 1.62. The fraction of sp³-hybridized carbons (Fsp3) is 0.333. The van der Waals surface area contributed by atoms with Crippen LogP contribution in [-0.4, -0.2) is 37.4 Å². The summed E-state index contributed by atoms with van der Waals surface area (Å²) in [4.78, 5) is 27.0. The van der Waals surface area contributed by atoms with Gasteiger partial charge in [-0.25, -0.2) is 13.6 Å². The molecule has 0 radical (unpaired) electrons. The molecular formula is C21H23N3O5S. The summed E-state index contributed by atoms with van der Waals surface area (Å²) in [5.41, 5.74) is 6.38. The third-order valence-electron chi connectivity index (χ3n) is 5.93. The van der Waals surface area contributed by atoms with E-state index in [1.807, 2.05) is 31.2 Å². The highest BCUT2D eigenvalue weighted by atomic mass is 32.2. The van der Waals surface area contributed by atoms with Crippen molar-refractivity contribution in [1.82, 2.24) is 4.90 Å². The zero-order chi connectivity index (χ0) is 21.7. The first kappa shape index (κ1) is 20.4. The topological polar surface area (TPSA) is 133 Å². The van der Waals surface area contributed by atoms with Gasteiger partial charge in [-0.05, 0) is 42.7 Å². The highest BCUT2D eigenvalue weighted by Gasteiger charge is 2.55. The van der Waals surface area contributed by atoms with Gasteiger partial charge in [0, 0.05) is 18.9 Å². The molecule has 2 aromatic carbocycles. The van der Waals surface area contributed by atoms with E-state index in [1.54, 1.807) is 17.0 Å². The number of ether oxygens (including phenoxy) is 1. The largest absolute Gasteiger partial charge is 0.468 e. The first-order valence-electron chi connectivity index (χ1n) is 9.61. The van der Waals surface area contributed by atoms with Gasteiger partial charge < -0.3 is 15.4 Å². The molecule has 0 aliphatic carbocycles. The Bertz CT molecular complexity index is 1120. The van der Waals surface area contributed by atoms with Crippen LogP contribution in [0.2, 0.25) is 0 Å². The maximum Gasteiger partial charge on any atom is 0.238 e. The van der Waals surface area contributed by atoms with Crippen LogP contribution >= 0.6 is 0 Å². The van der Waals surface area contributed by atoms with Crippen molar-refractivity contribution in [2.75, 3.05) is 6.54 Å². The molecule has 2 aliphatic heterocycles. The molecule has 1 fully saturated rings. The van der Waals surface area contributed by atoms with E-state index in [0.29, 0.717) is 25.1 Å². The van der Waals surface area contributed by atoms with Crippen LogP contribution in [-0.2, 0) is 26.0 Å². The first-order chi connectivity index (χ1) is 14.1. The lowest BCUT2D eigenvalue weighted by Crippen LogP contribution is -2.64. The monoisotopic (exact) mass is 429 g/mol. The molecule has 2 aliphatic rings. The van der Waals surface area contributed by atoms with Crippen LogP contribution in [0, 0.1) is 5.92 Å². The molecule has 1 saturated heterocycles. The van der Waals surface area contributed by atoms with Crippen LogP contribution in [0.3, 0.4) is 0 Å². The van der Waals surface area contributed by atoms with E-state index in [2.05, 4.69) is 0 Å². The molecular weight excluding hydrogens is 406 g/mol. The van der Waals surface area contributed by atoms with Crippen LogP contribution in [0.1, 0.15) is 30.4 Å². The number of primary sulfonamides is 1. The molecule has 0 spiro atoms. The average molecular weight is 429 g/mol. The smallest absolute Gasteiger partial charge is 0.238 e. The highest BCUT2D eigenvalue weighted by Crippen LogP contribution is 2.49. The van der Waals surface area contributed by atoms with E-state index in [1.165, 1.54) is 12.1 Å². The SMILES string of the molecule is C[C@@]12C[C@@H](c3ccccc3O1)[C@H](C(N)=O)C(=O)N2CCc1ccc(S(N)(=O)=O)cc1. The molecule has 2 bridgehead atoms. The van der Waals surface area contributed by atoms with Gasteiger partial charge in [-0.1, -0.05) is 30.3 Å². The predicted octanol–water partition coefficient (Wildman–Crippen LogP) is 1.10. The van der Waals surface area contributed by atoms with Crippen LogP contribution in [0.5, 0.6) is 5.75 Å². The Morgan fingerprint density at radius 2 is 1.87 bits per heavy atom. The molecule has 8 nitrogen and oxygen atoms in total. The lowest BCUT2D eigenvalue weighted by atomic mass is 9.73. The number of primary amides is 1. The molecule has 9 heteroatoms.